The van der Waals surface area contributed by atoms with Crippen molar-refractivity contribution in [1.29, 1.82) is 0 Å². The summed E-state index contributed by atoms with van der Waals surface area (Å²) in [6.07, 6.45) is 2.05. The number of nitrogens with zero attached hydrogens (tertiary/aromatic N) is 1. The van der Waals surface area contributed by atoms with Crippen molar-refractivity contribution in [1.82, 2.24) is 4.98 Å². The molecule has 0 saturated carbocycles. The Morgan fingerprint density at radius 3 is 2.85 bits per heavy atom. The van der Waals surface area contributed by atoms with Gasteiger partial charge in [0.15, 0.2) is 0 Å². The molecule has 0 spiro atoms. The first kappa shape index (κ1) is 9.67. The first-order valence-corrected chi connectivity index (χ1v) is 3.70. The van der Waals surface area contributed by atoms with Crippen LogP contribution in [0, 0.1) is 5.95 Å². The molecular formula is C8H5ClFNO2. The van der Waals surface area contributed by atoms with E-state index in [-0.39, 0.29) is 10.7 Å². The summed E-state index contributed by atoms with van der Waals surface area (Å²) < 4.78 is 12.7. The predicted molar refractivity (Wildman–Crippen MR) is 45.9 cm³/mol. The van der Waals surface area contributed by atoms with Crippen molar-refractivity contribution >= 4 is 23.6 Å². The zero-order valence-electron chi connectivity index (χ0n) is 6.37. The van der Waals surface area contributed by atoms with Gasteiger partial charge in [0.2, 0.25) is 5.95 Å². The summed E-state index contributed by atoms with van der Waals surface area (Å²) in [4.78, 5) is 13.5. The highest BCUT2D eigenvalue weighted by molar-refractivity contribution is 6.30. The molecule has 0 aliphatic carbocycles. The van der Waals surface area contributed by atoms with E-state index in [2.05, 4.69) is 4.98 Å². The molecule has 3 nitrogen and oxygen atoms in total. The Morgan fingerprint density at radius 2 is 2.31 bits per heavy atom. The Bertz CT molecular complexity index is 365. The van der Waals surface area contributed by atoms with Gasteiger partial charge in [0.25, 0.3) is 0 Å². The molecule has 1 aromatic rings. The maximum Gasteiger partial charge on any atom is 0.328 e. The van der Waals surface area contributed by atoms with E-state index < -0.39 is 11.9 Å². The summed E-state index contributed by atoms with van der Waals surface area (Å²) >= 11 is 5.37. The fourth-order valence-corrected chi connectivity index (χ4v) is 0.786. The summed E-state index contributed by atoms with van der Waals surface area (Å²) in [6.45, 7) is 0. The zero-order valence-corrected chi connectivity index (χ0v) is 7.12. The Hall–Kier alpha value is -1.42. The molecule has 0 atom stereocenters. The Labute approximate surface area is 78.5 Å². The van der Waals surface area contributed by atoms with Gasteiger partial charge in [0.1, 0.15) is 0 Å². The normalized spacial score (nSPS) is 10.6. The third-order valence-corrected chi connectivity index (χ3v) is 1.50. The lowest BCUT2D eigenvalue weighted by molar-refractivity contribution is -0.131. The molecule has 1 N–H and O–H groups in total. The van der Waals surface area contributed by atoms with Crippen LogP contribution in [0.25, 0.3) is 6.08 Å². The van der Waals surface area contributed by atoms with Crippen LogP contribution in [0.3, 0.4) is 0 Å². The minimum atomic E-state index is -1.11. The molecule has 0 bridgehead atoms. The molecule has 0 aromatic carbocycles. The second-order valence-corrected chi connectivity index (χ2v) is 2.59. The quantitative estimate of drug-likeness (QED) is 0.588. The van der Waals surface area contributed by atoms with Gasteiger partial charge in [0.05, 0.1) is 10.7 Å². The maximum atomic E-state index is 12.7. The lowest BCUT2D eigenvalue weighted by Gasteiger charge is -1.94. The van der Waals surface area contributed by atoms with Crippen molar-refractivity contribution in [3.05, 3.63) is 34.9 Å². The first-order chi connectivity index (χ1) is 6.09. The van der Waals surface area contributed by atoms with Crippen molar-refractivity contribution in [2.24, 2.45) is 0 Å². The molecule has 0 aliphatic heterocycles. The lowest BCUT2D eigenvalue weighted by Crippen LogP contribution is -1.89. The minimum absolute atomic E-state index is 0.0903. The second kappa shape index (κ2) is 4.00. The lowest BCUT2D eigenvalue weighted by atomic mass is 10.3. The van der Waals surface area contributed by atoms with Gasteiger partial charge in [0, 0.05) is 6.08 Å². The van der Waals surface area contributed by atoms with Gasteiger partial charge in [-0.05, 0) is 18.2 Å². The molecule has 1 aromatic heterocycles. The number of pyridine rings is 1. The molecule has 5 heteroatoms. The molecule has 0 aliphatic rings. The van der Waals surface area contributed by atoms with E-state index in [1.807, 2.05) is 0 Å². The van der Waals surface area contributed by atoms with Crippen molar-refractivity contribution in [2.75, 3.05) is 0 Å². The molecule has 1 rings (SSSR count). The highest BCUT2D eigenvalue weighted by atomic mass is 35.5. The van der Waals surface area contributed by atoms with Gasteiger partial charge in [-0.1, -0.05) is 11.6 Å². The largest absolute Gasteiger partial charge is 0.478 e. The number of rotatable bonds is 2. The molecule has 0 saturated heterocycles. The van der Waals surface area contributed by atoms with E-state index in [1.165, 1.54) is 18.2 Å². The fourth-order valence-electron chi connectivity index (χ4n) is 0.681. The number of aromatic nitrogens is 1. The van der Waals surface area contributed by atoms with Crippen LogP contribution in [-0.2, 0) is 4.79 Å². The zero-order chi connectivity index (χ0) is 9.84. The van der Waals surface area contributed by atoms with Crippen molar-refractivity contribution < 1.29 is 14.3 Å². The average molecular weight is 202 g/mol. The smallest absolute Gasteiger partial charge is 0.328 e. The van der Waals surface area contributed by atoms with E-state index in [4.69, 9.17) is 16.7 Å². The maximum absolute atomic E-state index is 12.7. The van der Waals surface area contributed by atoms with E-state index in [0.717, 1.165) is 6.08 Å². The van der Waals surface area contributed by atoms with E-state index in [1.54, 1.807) is 0 Å². The monoisotopic (exact) mass is 201 g/mol. The van der Waals surface area contributed by atoms with Crippen LogP contribution in [0.15, 0.2) is 18.2 Å². The third kappa shape index (κ3) is 2.83. The third-order valence-electron chi connectivity index (χ3n) is 1.22. The summed E-state index contributed by atoms with van der Waals surface area (Å²) in [5.74, 6) is -1.92. The van der Waals surface area contributed by atoms with E-state index in [0.29, 0.717) is 0 Å². The van der Waals surface area contributed by atoms with Gasteiger partial charge in [-0.3, -0.25) is 0 Å². The summed E-state index contributed by atoms with van der Waals surface area (Å²) in [5, 5.41) is 8.17. The average Bonchev–Trinajstić information content (AvgIpc) is 2.07. The molecule has 68 valence electrons. The van der Waals surface area contributed by atoms with Gasteiger partial charge in [-0.15, -0.1) is 0 Å². The Kier molecular flexibility index (Phi) is 2.97. The molecule has 0 fully saturated rings. The number of hydrogen-bond acceptors (Lipinski definition) is 2. The second-order valence-electron chi connectivity index (χ2n) is 2.18. The minimum Gasteiger partial charge on any atom is -0.478 e. The van der Waals surface area contributed by atoms with Crippen LogP contribution in [0.1, 0.15) is 5.69 Å². The SMILES string of the molecule is O=C(O)/C=C/c1ccc(Cl)c(F)n1. The fraction of sp³-hybridized carbons (Fsp3) is 0. The predicted octanol–water partition coefficient (Wildman–Crippen LogP) is 1.97. The van der Waals surface area contributed by atoms with Crippen LogP contribution in [0.2, 0.25) is 5.02 Å². The van der Waals surface area contributed by atoms with Crippen LogP contribution < -0.4 is 0 Å². The number of aliphatic carboxylic acids is 1. The van der Waals surface area contributed by atoms with E-state index in [9.17, 15) is 9.18 Å². The van der Waals surface area contributed by atoms with Crippen LogP contribution in [0.4, 0.5) is 4.39 Å². The van der Waals surface area contributed by atoms with Crippen LogP contribution in [-0.4, -0.2) is 16.1 Å². The highest BCUT2D eigenvalue weighted by Crippen LogP contribution is 2.12. The topological polar surface area (TPSA) is 50.2 Å². The van der Waals surface area contributed by atoms with Crippen LogP contribution in [0.5, 0.6) is 0 Å². The number of hydrogen-bond donors (Lipinski definition) is 1. The number of carboxylic acid groups (broad SMARTS) is 1. The highest BCUT2D eigenvalue weighted by Gasteiger charge is 2.00. The number of carboxylic acids is 1. The first-order valence-electron chi connectivity index (χ1n) is 3.32. The molecule has 0 amide bonds. The number of carbonyl (C=O) groups is 1. The van der Waals surface area contributed by atoms with Crippen molar-refractivity contribution in [3.8, 4) is 0 Å². The van der Waals surface area contributed by atoms with E-state index >= 15 is 0 Å². The summed E-state index contributed by atoms with van der Waals surface area (Å²) in [7, 11) is 0. The molecule has 1 heterocycles. The van der Waals surface area contributed by atoms with Crippen molar-refractivity contribution in [3.63, 3.8) is 0 Å². The molecule has 13 heavy (non-hydrogen) atoms. The van der Waals surface area contributed by atoms with Gasteiger partial charge in [-0.25, -0.2) is 9.78 Å². The van der Waals surface area contributed by atoms with Crippen LogP contribution >= 0.6 is 11.6 Å². The van der Waals surface area contributed by atoms with Crippen molar-refractivity contribution in [2.45, 2.75) is 0 Å². The summed E-state index contributed by atoms with van der Waals surface area (Å²) in [5.41, 5.74) is 0.212. The Balaban J connectivity index is 2.92. The Morgan fingerprint density at radius 1 is 1.62 bits per heavy atom. The van der Waals surface area contributed by atoms with Gasteiger partial charge >= 0.3 is 5.97 Å². The molecule has 0 unspecified atom stereocenters. The standard InChI is InChI=1S/C8H5ClFNO2/c9-6-3-1-5(11-8(6)10)2-4-7(12)13/h1-4H,(H,12,13)/b4-2+. The van der Waals surface area contributed by atoms with Gasteiger partial charge < -0.3 is 5.11 Å². The number of halogens is 2. The van der Waals surface area contributed by atoms with Gasteiger partial charge in [-0.2, -0.15) is 4.39 Å². The molecular weight excluding hydrogens is 197 g/mol. The molecule has 0 radical (unpaired) electrons. The summed E-state index contributed by atoms with van der Waals surface area (Å²) in [6, 6.07) is 2.73.